The zero-order valence-corrected chi connectivity index (χ0v) is 33.4. The van der Waals surface area contributed by atoms with Crippen LogP contribution in [-0.2, 0) is 4.74 Å². The number of amides is 1. The Kier molecular flexibility index (Phi) is 14.1. The van der Waals surface area contributed by atoms with Crippen LogP contribution in [0.2, 0.25) is 10.0 Å². The van der Waals surface area contributed by atoms with Crippen LogP contribution < -0.4 is 4.90 Å². The van der Waals surface area contributed by atoms with Gasteiger partial charge < -0.3 is 9.30 Å². The molecule has 0 N–H and O–H groups in total. The standard InChI is InChI=1S/C40H56BrCl2N3O2/c1-26(2)40(27(3)4,28(5)6)22-14-12-10-9-11-13-15-23-48-25-30(8)45-37-35(44-39(45)41)38(47)46(34-24-33(43)19-16-29(34)7)36(37)31-17-20-32(42)21-18-31/h16-21,24,26-28,30,36H,9-15,22-23,25H2,1-8H3/t30-,36?/m1/s1. The summed E-state index contributed by atoms with van der Waals surface area (Å²) in [5, 5.41) is 1.22. The minimum absolute atomic E-state index is 0.0340. The third-order valence-electron chi connectivity index (χ3n) is 10.9. The van der Waals surface area contributed by atoms with Gasteiger partial charge >= 0.3 is 0 Å². The highest BCUT2D eigenvalue weighted by Crippen LogP contribution is 2.47. The fraction of sp³-hybridized carbons (Fsp3) is 0.600. The average Bonchev–Trinajstić information content (AvgIpc) is 3.50. The molecule has 1 aromatic heterocycles. The molecule has 8 heteroatoms. The van der Waals surface area contributed by atoms with Crippen molar-refractivity contribution in [2.75, 3.05) is 18.1 Å². The molecule has 48 heavy (non-hydrogen) atoms. The number of aromatic nitrogens is 2. The molecular weight excluding hydrogens is 705 g/mol. The van der Waals surface area contributed by atoms with Gasteiger partial charge in [0.05, 0.1) is 18.3 Å². The first kappa shape index (κ1) is 38.9. The molecule has 0 saturated heterocycles. The lowest BCUT2D eigenvalue weighted by atomic mass is 9.60. The maximum absolute atomic E-state index is 14.0. The topological polar surface area (TPSA) is 47.4 Å². The average molecular weight is 762 g/mol. The first-order valence-electron chi connectivity index (χ1n) is 18.0. The van der Waals surface area contributed by atoms with Gasteiger partial charge in [-0.15, -0.1) is 0 Å². The van der Waals surface area contributed by atoms with E-state index in [0.717, 1.165) is 53.3 Å². The van der Waals surface area contributed by atoms with Crippen molar-refractivity contribution in [3.63, 3.8) is 0 Å². The fourth-order valence-electron chi connectivity index (χ4n) is 8.36. The number of anilines is 1. The largest absolute Gasteiger partial charge is 0.379 e. The summed E-state index contributed by atoms with van der Waals surface area (Å²) in [4.78, 5) is 20.5. The molecule has 2 aromatic carbocycles. The van der Waals surface area contributed by atoms with Crippen molar-refractivity contribution in [1.29, 1.82) is 0 Å². The van der Waals surface area contributed by atoms with E-state index in [0.29, 0.717) is 32.5 Å². The molecule has 3 aromatic rings. The lowest BCUT2D eigenvalue weighted by Crippen LogP contribution is -2.38. The normalized spacial score (nSPS) is 15.8. The number of ether oxygens (including phenoxy) is 1. The third kappa shape index (κ3) is 8.53. The molecule has 0 bridgehead atoms. The van der Waals surface area contributed by atoms with Gasteiger partial charge in [-0.1, -0.05) is 121 Å². The van der Waals surface area contributed by atoms with Gasteiger partial charge in [0.25, 0.3) is 5.91 Å². The van der Waals surface area contributed by atoms with E-state index in [1.165, 1.54) is 44.9 Å². The summed E-state index contributed by atoms with van der Waals surface area (Å²) < 4.78 is 8.95. The van der Waals surface area contributed by atoms with Gasteiger partial charge in [0.1, 0.15) is 6.04 Å². The number of carbonyl (C=O) groups is 1. The number of hydrogen-bond donors (Lipinski definition) is 0. The van der Waals surface area contributed by atoms with Crippen molar-refractivity contribution in [1.82, 2.24) is 9.55 Å². The van der Waals surface area contributed by atoms with Gasteiger partial charge in [0.15, 0.2) is 10.4 Å². The van der Waals surface area contributed by atoms with E-state index < -0.39 is 0 Å². The highest BCUT2D eigenvalue weighted by Gasteiger charge is 2.45. The second-order valence-corrected chi connectivity index (χ2v) is 16.4. The van der Waals surface area contributed by atoms with E-state index in [4.69, 9.17) is 32.9 Å². The number of hydrogen-bond acceptors (Lipinski definition) is 3. The number of nitrogens with zero attached hydrogens (tertiary/aromatic N) is 3. The maximum Gasteiger partial charge on any atom is 0.279 e. The molecule has 0 aliphatic carbocycles. The van der Waals surface area contributed by atoms with Gasteiger partial charge in [-0.25, -0.2) is 4.98 Å². The number of fused-ring (bicyclic) bond motifs is 1. The first-order chi connectivity index (χ1) is 22.8. The molecular formula is C40H56BrCl2N3O2. The van der Waals surface area contributed by atoms with Crippen molar-refractivity contribution in [2.24, 2.45) is 23.2 Å². The van der Waals surface area contributed by atoms with Crippen LogP contribution >= 0.6 is 39.1 Å². The molecule has 2 atom stereocenters. The molecule has 0 fully saturated rings. The second kappa shape index (κ2) is 17.4. The van der Waals surface area contributed by atoms with Gasteiger partial charge in [0.2, 0.25) is 0 Å². The Bertz CT molecular complexity index is 1480. The first-order valence-corrected chi connectivity index (χ1v) is 19.6. The summed E-state index contributed by atoms with van der Waals surface area (Å²) in [5.74, 6) is 2.01. The zero-order valence-electron chi connectivity index (χ0n) is 30.3. The van der Waals surface area contributed by atoms with E-state index in [2.05, 4.69) is 69.0 Å². The predicted octanol–water partition coefficient (Wildman–Crippen LogP) is 12.7. The number of benzene rings is 2. The summed E-state index contributed by atoms with van der Waals surface area (Å²) in [5.41, 5.74) is 4.41. The third-order valence-corrected chi connectivity index (χ3v) is 11.9. The van der Waals surface area contributed by atoms with Crippen LogP contribution in [0.25, 0.3) is 0 Å². The number of imidazole rings is 1. The number of carbonyl (C=O) groups excluding carboxylic acids is 1. The van der Waals surface area contributed by atoms with Gasteiger partial charge in [0, 0.05) is 22.3 Å². The Morgan fingerprint density at radius 3 is 2.00 bits per heavy atom. The zero-order chi connectivity index (χ0) is 35.2. The number of halogens is 3. The molecule has 4 rings (SSSR count). The summed E-state index contributed by atoms with van der Waals surface area (Å²) >= 11 is 16.4. The van der Waals surface area contributed by atoms with Crippen LogP contribution in [0, 0.1) is 30.1 Å². The molecule has 264 valence electrons. The van der Waals surface area contributed by atoms with Crippen molar-refractivity contribution in [3.05, 3.63) is 79.8 Å². The quantitative estimate of drug-likeness (QED) is 0.121. The molecule has 1 aliphatic heterocycles. The van der Waals surface area contributed by atoms with Crippen LogP contribution in [0.3, 0.4) is 0 Å². The highest BCUT2D eigenvalue weighted by atomic mass is 79.9. The van der Waals surface area contributed by atoms with Crippen LogP contribution in [0.5, 0.6) is 0 Å². The molecule has 5 nitrogen and oxygen atoms in total. The SMILES string of the molecule is Cc1ccc(Cl)cc1N1C(=O)c2nc(Br)n([C@H](C)COCCCCCCCCCC(C(C)C)(C(C)C)C(C)C)c2C1c1ccc(Cl)cc1. The Morgan fingerprint density at radius 1 is 0.833 bits per heavy atom. The minimum atomic E-state index is -0.388. The predicted molar refractivity (Wildman–Crippen MR) is 206 cm³/mol. The maximum atomic E-state index is 14.0. The van der Waals surface area contributed by atoms with E-state index in [9.17, 15) is 4.79 Å². The number of rotatable bonds is 18. The van der Waals surface area contributed by atoms with E-state index in [1.807, 2.05) is 54.3 Å². The number of unbranched alkanes of at least 4 members (excludes halogenated alkanes) is 6. The minimum Gasteiger partial charge on any atom is -0.379 e. The van der Waals surface area contributed by atoms with Crippen LogP contribution in [-0.4, -0.2) is 28.7 Å². The molecule has 2 heterocycles. The Morgan fingerprint density at radius 2 is 1.40 bits per heavy atom. The molecule has 1 aliphatic rings. The van der Waals surface area contributed by atoms with Crippen LogP contribution in [0.4, 0.5) is 5.69 Å². The number of aryl methyl sites for hydroxylation is 1. The second-order valence-electron chi connectivity index (χ2n) is 14.8. The lowest BCUT2D eigenvalue weighted by Gasteiger charge is -2.45. The van der Waals surface area contributed by atoms with Crippen molar-refractivity contribution < 1.29 is 9.53 Å². The van der Waals surface area contributed by atoms with E-state index >= 15 is 0 Å². The fourth-order valence-corrected chi connectivity index (χ4v) is 9.37. The smallest absolute Gasteiger partial charge is 0.279 e. The van der Waals surface area contributed by atoms with E-state index in [-0.39, 0.29) is 18.0 Å². The van der Waals surface area contributed by atoms with E-state index in [1.54, 1.807) is 0 Å². The highest BCUT2D eigenvalue weighted by molar-refractivity contribution is 9.10. The van der Waals surface area contributed by atoms with Gasteiger partial charge in [-0.05, 0) is 101 Å². The summed E-state index contributed by atoms with van der Waals surface area (Å²) in [6.45, 7) is 19.9. The van der Waals surface area contributed by atoms with Gasteiger partial charge in [-0.3, -0.25) is 9.69 Å². The summed E-state index contributed by atoms with van der Waals surface area (Å²) in [6.07, 6.45) is 10.1. The summed E-state index contributed by atoms with van der Waals surface area (Å²) in [7, 11) is 0. The van der Waals surface area contributed by atoms with Crippen LogP contribution in [0.1, 0.15) is 139 Å². The molecule has 1 amide bonds. The lowest BCUT2D eigenvalue weighted by molar-refractivity contribution is 0.0356. The van der Waals surface area contributed by atoms with Crippen molar-refractivity contribution in [3.8, 4) is 0 Å². The van der Waals surface area contributed by atoms with Crippen LogP contribution in [0.15, 0.2) is 47.2 Å². The Balaban J connectivity index is 1.31. The molecule has 1 unspecified atom stereocenters. The molecule has 0 spiro atoms. The Hall–Kier alpha value is -1.86. The van der Waals surface area contributed by atoms with Gasteiger partial charge in [-0.2, -0.15) is 0 Å². The molecule has 0 saturated carbocycles. The summed E-state index contributed by atoms with van der Waals surface area (Å²) in [6, 6.07) is 12.9. The van der Waals surface area contributed by atoms with Crippen molar-refractivity contribution in [2.45, 2.75) is 119 Å². The monoisotopic (exact) mass is 759 g/mol. The molecule has 0 radical (unpaired) electrons. The van der Waals surface area contributed by atoms with Crippen molar-refractivity contribution >= 4 is 50.7 Å². The Labute approximate surface area is 308 Å².